The van der Waals surface area contributed by atoms with E-state index in [1.807, 2.05) is 0 Å². The number of anilines is 1. The summed E-state index contributed by atoms with van der Waals surface area (Å²) in [4.78, 5) is 24.6. The SMILES string of the molecule is CC(=O)NC[C@H]1CC(c2cc(F)c(N3CCOCC3)c(F)c2)C(=O)O1. The average Bonchev–Trinajstić information content (AvgIpc) is 2.94. The number of cyclic esters (lactones) is 1. The van der Waals surface area contributed by atoms with Crippen LogP contribution >= 0.6 is 0 Å². The zero-order chi connectivity index (χ0) is 18.0. The highest BCUT2D eigenvalue weighted by molar-refractivity contribution is 5.81. The molecule has 2 atom stereocenters. The molecule has 0 saturated carbocycles. The number of carbonyl (C=O) groups is 2. The first-order chi connectivity index (χ1) is 12.0. The third kappa shape index (κ3) is 3.89. The first kappa shape index (κ1) is 17.6. The van der Waals surface area contributed by atoms with Crippen LogP contribution in [-0.4, -0.2) is 50.8 Å². The van der Waals surface area contributed by atoms with E-state index in [-0.39, 0.29) is 30.1 Å². The Morgan fingerprint density at radius 1 is 1.28 bits per heavy atom. The van der Waals surface area contributed by atoms with Crippen LogP contribution in [0.4, 0.5) is 14.5 Å². The summed E-state index contributed by atoms with van der Waals surface area (Å²) in [5.41, 5.74) is 0.163. The number of carbonyl (C=O) groups excluding carboxylic acids is 2. The van der Waals surface area contributed by atoms with Crippen molar-refractivity contribution in [2.24, 2.45) is 0 Å². The van der Waals surface area contributed by atoms with Gasteiger partial charge < -0.3 is 19.7 Å². The minimum atomic E-state index is -0.735. The molecule has 6 nitrogen and oxygen atoms in total. The van der Waals surface area contributed by atoms with E-state index in [1.165, 1.54) is 19.1 Å². The number of halogens is 2. The molecule has 0 bridgehead atoms. The standard InChI is InChI=1S/C17H20F2N2O4/c1-10(22)20-9-12-8-13(17(23)25-12)11-6-14(18)16(15(19)7-11)21-2-4-24-5-3-21/h6-7,12-13H,2-5,8-9H2,1H3,(H,20,22)/t12-,13?/m1/s1. The van der Waals surface area contributed by atoms with Crippen molar-refractivity contribution in [1.29, 1.82) is 0 Å². The number of morpholine rings is 1. The summed E-state index contributed by atoms with van der Waals surface area (Å²) in [6.45, 7) is 3.22. The van der Waals surface area contributed by atoms with Crippen molar-refractivity contribution >= 4 is 17.6 Å². The number of ether oxygens (including phenoxy) is 2. The van der Waals surface area contributed by atoms with Crippen molar-refractivity contribution in [2.75, 3.05) is 37.7 Å². The molecule has 1 amide bonds. The summed E-state index contributed by atoms with van der Waals surface area (Å²) in [6, 6.07) is 2.39. The number of benzene rings is 1. The van der Waals surface area contributed by atoms with Crippen LogP contribution in [0.3, 0.4) is 0 Å². The van der Waals surface area contributed by atoms with Crippen molar-refractivity contribution in [3.8, 4) is 0 Å². The van der Waals surface area contributed by atoms with Crippen LogP contribution < -0.4 is 10.2 Å². The van der Waals surface area contributed by atoms with Crippen LogP contribution in [0, 0.1) is 11.6 Å². The van der Waals surface area contributed by atoms with Crippen molar-refractivity contribution in [1.82, 2.24) is 5.32 Å². The molecule has 1 unspecified atom stereocenters. The number of nitrogens with zero attached hydrogens (tertiary/aromatic N) is 1. The molecule has 2 fully saturated rings. The topological polar surface area (TPSA) is 67.9 Å². The Morgan fingerprint density at radius 3 is 2.52 bits per heavy atom. The maximum atomic E-state index is 14.5. The maximum Gasteiger partial charge on any atom is 0.313 e. The smallest absolute Gasteiger partial charge is 0.313 e. The minimum Gasteiger partial charge on any atom is -0.460 e. The molecule has 3 rings (SSSR count). The normalized spacial score (nSPS) is 23.5. The molecule has 136 valence electrons. The van der Waals surface area contributed by atoms with Gasteiger partial charge in [-0.15, -0.1) is 0 Å². The summed E-state index contributed by atoms with van der Waals surface area (Å²) in [5.74, 6) is -2.90. The van der Waals surface area contributed by atoms with E-state index >= 15 is 0 Å². The van der Waals surface area contributed by atoms with E-state index in [1.54, 1.807) is 4.90 Å². The number of hydrogen-bond acceptors (Lipinski definition) is 5. The summed E-state index contributed by atoms with van der Waals surface area (Å²) >= 11 is 0. The van der Waals surface area contributed by atoms with Crippen molar-refractivity contribution < 1.29 is 27.8 Å². The molecule has 0 aliphatic carbocycles. The number of rotatable bonds is 4. The molecule has 0 spiro atoms. The fraction of sp³-hybridized carbons (Fsp3) is 0.529. The average molecular weight is 354 g/mol. The van der Waals surface area contributed by atoms with E-state index in [0.717, 1.165) is 0 Å². The zero-order valence-corrected chi connectivity index (χ0v) is 13.9. The van der Waals surface area contributed by atoms with Gasteiger partial charge in [0.05, 0.1) is 25.7 Å². The second kappa shape index (κ2) is 7.35. The van der Waals surface area contributed by atoms with Crippen LogP contribution in [0.25, 0.3) is 0 Å². The zero-order valence-electron chi connectivity index (χ0n) is 13.9. The Kier molecular flexibility index (Phi) is 5.17. The highest BCUT2D eigenvalue weighted by atomic mass is 19.1. The van der Waals surface area contributed by atoms with Crippen molar-refractivity contribution in [2.45, 2.75) is 25.4 Å². The third-order valence-corrected chi connectivity index (χ3v) is 4.41. The largest absolute Gasteiger partial charge is 0.460 e. The van der Waals surface area contributed by atoms with Crippen molar-refractivity contribution in [3.05, 3.63) is 29.3 Å². The first-order valence-electron chi connectivity index (χ1n) is 8.22. The second-order valence-corrected chi connectivity index (χ2v) is 6.22. The quantitative estimate of drug-likeness (QED) is 0.827. The molecule has 2 aliphatic rings. The summed E-state index contributed by atoms with van der Waals surface area (Å²) < 4.78 is 39.4. The lowest BCUT2D eigenvalue weighted by molar-refractivity contribution is -0.142. The molecule has 1 aromatic carbocycles. The monoisotopic (exact) mass is 354 g/mol. The van der Waals surface area contributed by atoms with E-state index < -0.39 is 29.6 Å². The summed E-state index contributed by atoms with van der Waals surface area (Å²) in [5, 5.41) is 2.57. The summed E-state index contributed by atoms with van der Waals surface area (Å²) in [7, 11) is 0. The van der Waals surface area contributed by atoms with Gasteiger partial charge in [-0.1, -0.05) is 0 Å². The van der Waals surface area contributed by atoms with Gasteiger partial charge in [0.15, 0.2) is 0 Å². The third-order valence-electron chi connectivity index (χ3n) is 4.41. The van der Waals surface area contributed by atoms with Gasteiger partial charge in [0.1, 0.15) is 23.4 Å². The van der Waals surface area contributed by atoms with Gasteiger partial charge in [0.25, 0.3) is 0 Å². The van der Waals surface area contributed by atoms with Gasteiger partial charge in [0.2, 0.25) is 5.91 Å². The molecule has 2 heterocycles. The molecule has 8 heteroatoms. The second-order valence-electron chi connectivity index (χ2n) is 6.22. The molecular formula is C17H20F2N2O4. The van der Waals surface area contributed by atoms with Crippen LogP contribution in [0.5, 0.6) is 0 Å². The lowest BCUT2D eigenvalue weighted by atomic mass is 9.95. The van der Waals surface area contributed by atoms with Crippen LogP contribution in [0.2, 0.25) is 0 Å². The maximum absolute atomic E-state index is 14.5. The molecule has 0 aromatic heterocycles. The van der Waals surface area contributed by atoms with Gasteiger partial charge in [-0.2, -0.15) is 0 Å². The lowest BCUT2D eigenvalue weighted by Gasteiger charge is -2.29. The lowest BCUT2D eigenvalue weighted by Crippen LogP contribution is -2.37. The molecule has 2 aliphatic heterocycles. The molecule has 1 N–H and O–H groups in total. The predicted octanol–water partition coefficient (Wildman–Crippen LogP) is 1.34. The Labute approximate surface area is 144 Å². The Balaban J connectivity index is 1.76. The van der Waals surface area contributed by atoms with Gasteiger partial charge in [0, 0.05) is 26.4 Å². The van der Waals surface area contributed by atoms with Gasteiger partial charge >= 0.3 is 5.97 Å². The molecule has 2 saturated heterocycles. The number of esters is 1. The minimum absolute atomic E-state index is 0.0896. The van der Waals surface area contributed by atoms with E-state index in [9.17, 15) is 18.4 Å². The van der Waals surface area contributed by atoms with Gasteiger partial charge in [-0.25, -0.2) is 8.78 Å². The Hall–Kier alpha value is -2.22. The van der Waals surface area contributed by atoms with Gasteiger partial charge in [-0.05, 0) is 17.7 Å². The fourth-order valence-corrected chi connectivity index (χ4v) is 3.18. The van der Waals surface area contributed by atoms with Gasteiger partial charge in [-0.3, -0.25) is 9.59 Å². The number of hydrogen-bond donors (Lipinski definition) is 1. The molecular weight excluding hydrogens is 334 g/mol. The molecule has 1 aromatic rings. The Bertz CT molecular complexity index is 654. The van der Waals surface area contributed by atoms with E-state index in [4.69, 9.17) is 9.47 Å². The highest BCUT2D eigenvalue weighted by Gasteiger charge is 2.36. The van der Waals surface area contributed by atoms with Crippen molar-refractivity contribution in [3.63, 3.8) is 0 Å². The number of amides is 1. The fourth-order valence-electron chi connectivity index (χ4n) is 3.18. The summed E-state index contributed by atoms with van der Waals surface area (Å²) in [6.07, 6.45) is -0.221. The highest BCUT2D eigenvalue weighted by Crippen LogP contribution is 2.34. The van der Waals surface area contributed by atoms with E-state index in [0.29, 0.717) is 26.3 Å². The van der Waals surface area contributed by atoms with E-state index in [2.05, 4.69) is 5.32 Å². The van der Waals surface area contributed by atoms with Crippen LogP contribution in [0.1, 0.15) is 24.8 Å². The van der Waals surface area contributed by atoms with Crippen LogP contribution in [0.15, 0.2) is 12.1 Å². The first-order valence-corrected chi connectivity index (χ1v) is 8.22. The predicted molar refractivity (Wildman–Crippen MR) is 85.3 cm³/mol. The van der Waals surface area contributed by atoms with Crippen LogP contribution in [-0.2, 0) is 19.1 Å². The number of nitrogens with one attached hydrogen (secondary N) is 1. The molecule has 0 radical (unpaired) electrons. The Morgan fingerprint density at radius 2 is 1.92 bits per heavy atom. The molecule has 25 heavy (non-hydrogen) atoms.